The van der Waals surface area contributed by atoms with Gasteiger partial charge in [-0.1, -0.05) is 0 Å². The molecule has 1 N–H and O–H groups in total. The molecule has 0 aromatic rings. The van der Waals surface area contributed by atoms with Crippen LogP contribution in [0.3, 0.4) is 0 Å². The van der Waals surface area contributed by atoms with Crippen LogP contribution in [0.15, 0.2) is 4.99 Å². The highest BCUT2D eigenvalue weighted by Gasteiger charge is 2.02. The van der Waals surface area contributed by atoms with Crippen LogP contribution in [0.4, 0.5) is 0 Å². The normalized spacial score (nSPS) is 16.7. The summed E-state index contributed by atoms with van der Waals surface area (Å²) in [6.45, 7) is 2.84. The zero-order valence-corrected chi connectivity index (χ0v) is 5.86. The van der Waals surface area contributed by atoms with Crippen molar-refractivity contribution in [2.24, 2.45) is 4.99 Å². The molecule has 0 unspecified atom stereocenters. The van der Waals surface area contributed by atoms with Gasteiger partial charge in [-0.15, -0.1) is 0 Å². The molecule has 0 atom stereocenters. The average molecular weight is 144 g/mol. The Bertz CT molecular complexity index is 116. The van der Waals surface area contributed by atoms with Gasteiger partial charge in [-0.05, 0) is 0 Å². The molecule has 0 saturated heterocycles. The average Bonchev–Trinajstić information content (AvgIpc) is 2.41. The first kappa shape index (κ1) is 7.50. The minimum atomic E-state index is 0.0883. The summed E-state index contributed by atoms with van der Waals surface area (Å²) < 4.78 is 5.05. The molecule has 0 spiro atoms. The Morgan fingerprint density at radius 1 is 1.70 bits per heavy atom. The van der Waals surface area contributed by atoms with Crippen molar-refractivity contribution in [1.29, 1.82) is 0 Å². The third-order valence-corrected chi connectivity index (χ3v) is 1.25. The van der Waals surface area contributed by atoms with Gasteiger partial charge in [-0.3, -0.25) is 4.99 Å². The maximum absolute atomic E-state index is 8.36. The Hall–Kier alpha value is -0.610. The predicted molar refractivity (Wildman–Crippen MR) is 38.0 cm³/mol. The van der Waals surface area contributed by atoms with E-state index in [1.807, 2.05) is 4.90 Å². The SMILES string of the molecule is OCCOCN1C=NCC1. The number of aliphatic hydroxyl groups excluding tert-OH is 1. The van der Waals surface area contributed by atoms with Crippen LogP contribution in [0.1, 0.15) is 0 Å². The lowest BCUT2D eigenvalue weighted by molar-refractivity contribution is 0.0460. The van der Waals surface area contributed by atoms with Crippen LogP contribution in [0, 0.1) is 0 Å². The van der Waals surface area contributed by atoms with Gasteiger partial charge >= 0.3 is 0 Å². The fourth-order valence-corrected chi connectivity index (χ4v) is 0.761. The van der Waals surface area contributed by atoms with E-state index in [4.69, 9.17) is 9.84 Å². The van der Waals surface area contributed by atoms with Crippen LogP contribution in [-0.2, 0) is 4.74 Å². The van der Waals surface area contributed by atoms with E-state index in [-0.39, 0.29) is 6.61 Å². The summed E-state index contributed by atoms with van der Waals surface area (Å²) in [6.07, 6.45) is 1.78. The van der Waals surface area contributed by atoms with E-state index in [0.29, 0.717) is 13.3 Å². The molecule has 0 aromatic carbocycles. The van der Waals surface area contributed by atoms with Gasteiger partial charge < -0.3 is 14.7 Å². The number of ether oxygens (including phenoxy) is 1. The highest BCUT2D eigenvalue weighted by molar-refractivity contribution is 5.56. The Kier molecular flexibility index (Phi) is 3.18. The molecule has 0 bridgehead atoms. The van der Waals surface area contributed by atoms with E-state index in [9.17, 15) is 0 Å². The van der Waals surface area contributed by atoms with Gasteiger partial charge in [-0.2, -0.15) is 0 Å². The van der Waals surface area contributed by atoms with E-state index in [1.165, 1.54) is 0 Å². The topological polar surface area (TPSA) is 45.1 Å². The van der Waals surface area contributed by atoms with Crippen molar-refractivity contribution in [3.8, 4) is 0 Å². The summed E-state index contributed by atoms with van der Waals surface area (Å²) in [7, 11) is 0. The lowest BCUT2D eigenvalue weighted by Crippen LogP contribution is -2.23. The summed E-state index contributed by atoms with van der Waals surface area (Å²) in [5, 5.41) is 8.36. The zero-order valence-electron chi connectivity index (χ0n) is 5.86. The van der Waals surface area contributed by atoms with Gasteiger partial charge in [0.25, 0.3) is 0 Å². The minimum absolute atomic E-state index is 0.0883. The fourth-order valence-electron chi connectivity index (χ4n) is 0.761. The fraction of sp³-hybridized carbons (Fsp3) is 0.833. The van der Waals surface area contributed by atoms with Crippen molar-refractivity contribution in [2.45, 2.75) is 0 Å². The second-order valence-corrected chi connectivity index (χ2v) is 2.09. The molecule has 0 saturated carbocycles. The van der Waals surface area contributed by atoms with E-state index in [0.717, 1.165) is 13.1 Å². The zero-order chi connectivity index (χ0) is 7.23. The first-order valence-corrected chi connectivity index (χ1v) is 3.36. The molecule has 0 aliphatic carbocycles. The monoisotopic (exact) mass is 144 g/mol. The first-order chi connectivity index (χ1) is 4.93. The van der Waals surface area contributed by atoms with Crippen LogP contribution in [-0.4, -0.2) is 49.4 Å². The molecule has 1 aliphatic heterocycles. The molecule has 10 heavy (non-hydrogen) atoms. The largest absolute Gasteiger partial charge is 0.394 e. The smallest absolute Gasteiger partial charge is 0.119 e. The molecule has 1 aliphatic rings. The van der Waals surface area contributed by atoms with Crippen molar-refractivity contribution < 1.29 is 9.84 Å². The maximum Gasteiger partial charge on any atom is 0.119 e. The van der Waals surface area contributed by atoms with Crippen LogP contribution in [0.25, 0.3) is 0 Å². The van der Waals surface area contributed by atoms with Gasteiger partial charge in [0.2, 0.25) is 0 Å². The molecule has 0 amide bonds. The molecule has 1 heterocycles. The number of hydrogen-bond acceptors (Lipinski definition) is 4. The highest BCUT2D eigenvalue weighted by Crippen LogP contribution is 1.91. The summed E-state index contributed by atoms with van der Waals surface area (Å²) >= 11 is 0. The summed E-state index contributed by atoms with van der Waals surface area (Å²) in [6, 6.07) is 0. The van der Waals surface area contributed by atoms with E-state index < -0.39 is 0 Å². The van der Waals surface area contributed by atoms with Gasteiger partial charge in [0.1, 0.15) is 6.73 Å². The van der Waals surface area contributed by atoms with Gasteiger partial charge in [-0.25, -0.2) is 0 Å². The Morgan fingerprint density at radius 2 is 2.60 bits per heavy atom. The number of nitrogens with zero attached hydrogens (tertiary/aromatic N) is 2. The summed E-state index contributed by atoms with van der Waals surface area (Å²) in [5.41, 5.74) is 0. The van der Waals surface area contributed by atoms with Crippen LogP contribution in [0.5, 0.6) is 0 Å². The molecule has 4 nitrogen and oxygen atoms in total. The van der Waals surface area contributed by atoms with Crippen LogP contribution in [0.2, 0.25) is 0 Å². The molecular formula is C6H12N2O2. The van der Waals surface area contributed by atoms with Crippen LogP contribution < -0.4 is 0 Å². The lowest BCUT2D eigenvalue weighted by Gasteiger charge is -2.12. The minimum Gasteiger partial charge on any atom is -0.394 e. The van der Waals surface area contributed by atoms with Crippen molar-refractivity contribution >= 4 is 6.34 Å². The number of aliphatic hydroxyl groups is 1. The quantitative estimate of drug-likeness (QED) is 0.530. The lowest BCUT2D eigenvalue weighted by atomic mass is 10.6. The standard InChI is InChI=1S/C6H12N2O2/c9-3-4-10-6-8-2-1-7-5-8/h5,9H,1-4,6H2. The third kappa shape index (κ3) is 2.33. The highest BCUT2D eigenvalue weighted by atomic mass is 16.5. The molecule has 4 heteroatoms. The predicted octanol–water partition coefficient (Wildman–Crippen LogP) is -0.703. The summed E-state index contributed by atoms with van der Waals surface area (Å²) in [5.74, 6) is 0. The number of rotatable bonds is 4. The Morgan fingerprint density at radius 3 is 3.20 bits per heavy atom. The molecule has 1 rings (SSSR count). The molecule has 0 fully saturated rings. The molecule has 0 radical (unpaired) electrons. The van der Waals surface area contributed by atoms with Gasteiger partial charge in [0.15, 0.2) is 0 Å². The van der Waals surface area contributed by atoms with Gasteiger partial charge in [0, 0.05) is 6.54 Å². The third-order valence-electron chi connectivity index (χ3n) is 1.25. The molecular weight excluding hydrogens is 132 g/mol. The van der Waals surface area contributed by atoms with E-state index >= 15 is 0 Å². The van der Waals surface area contributed by atoms with E-state index in [1.54, 1.807) is 6.34 Å². The second-order valence-electron chi connectivity index (χ2n) is 2.09. The first-order valence-electron chi connectivity index (χ1n) is 3.36. The number of hydrogen-bond donors (Lipinski definition) is 1. The molecule has 58 valence electrons. The number of aliphatic imine (C=N–C) groups is 1. The Labute approximate surface area is 60.1 Å². The van der Waals surface area contributed by atoms with Gasteiger partial charge in [0.05, 0.1) is 26.1 Å². The van der Waals surface area contributed by atoms with Crippen molar-refractivity contribution in [1.82, 2.24) is 4.90 Å². The van der Waals surface area contributed by atoms with Crippen molar-refractivity contribution in [3.05, 3.63) is 0 Å². The van der Waals surface area contributed by atoms with Crippen molar-refractivity contribution in [2.75, 3.05) is 33.0 Å². The second kappa shape index (κ2) is 4.24. The maximum atomic E-state index is 8.36. The molecule has 0 aromatic heterocycles. The summed E-state index contributed by atoms with van der Waals surface area (Å²) in [4.78, 5) is 5.97. The van der Waals surface area contributed by atoms with Crippen LogP contribution >= 0.6 is 0 Å². The Balaban J connectivity index is 1.97. The van der Waals surface area contributed by atoms with Crippen molar-refractivity contribution in [3.63, 3.8) is 0 Å². The van der Waals surface area contributed by atoms with E-state index in [2.05, 4.69) is 4.99 Å².